The van der Waals surface area contributed by atoms with E-state index >= 15 is 0 Å². The van der Waals surface area contributed by atoms with Crippen molar-refractivity contribution in [1.29, 1.82) is 0 Å². The first-order valence-corrected chi connectivity index (χ1v) is 7.45. The van der Waals surface area contributed by atoms with Crippen LogP contribution in [-0.4, -0.2) is 29.6 Å². The van der Waals surface area contributed by atoms with Crippen molar-refractivity contribution in [3.63, 3.8) is 0 Å². The van der Waals surface area contributed by atoms with Gasteiger partial charge in [-0.05, 0) is 30.2 Å². The van der Waals surface area contributed by atoms with Crippen molar-refractivity contribution in [1.82, 2.24) is 5.32 Å². The zero-order chi connectivity index (χ0) is 16.7. The predicted molar refractivity (Wildman–Crippen MR) is 86.1 cm³/mol. The Balaban J connectivity index is 1.89. The topological polar surface area (TPSA) is 91.6 Å². The average molecular weight is 316 g/mol. The lowest BCUT2D eigenvalue weighted by atomic mass is 10.1. The second-order valence-electron chi connectivity index (χ2n) is 5.20. The highest BCUT2D eigenvalue weighted by Gasteiger charge is 2.10. The fourth-order valence-electron chi connectivity index (χ4n) is 2.04. The van der Waals surface area contributed by atoms with Gasteiger partial charge in [-0.25, -0.2) is 0 Å². The van der Waals surface area contributed by atoms with Crippen molar-refractivity contribution in [3.8, 4) is 0 Å². The van der Waals surface area contributed by atoms with Crippen LogP contribution in [0.25, 0.3) is 0 Å². The Morgan fingerprint density at radius 1 is 1.22 bits per heavy atom. The second kappa shape index (κ2) is 8.14. The SMILES string of the molecule is CCC(CO)NC(=O)Cc1ccc(NC(=O)c2ccoc2)cc1. The van der Waals surface area contributed by atoms with Gasteiger partial charge in [-0.1, -0.05) is 19.1 Å². The third-order valence-electron chi connectivity index (χ3n) is 3.44. The summed E-state index contributed by atoms with van der Waals surface area (Å²) in [6, 6.07) is 8.42. The molecule has 2 amide bonds. The number of anilines is 1. The summed E-state index contributed by atoms with van der Waals surface area (Å²) in [6.07, 6.45) is 3.72. The number of amides is 2. The summed E-state index contributed by atoms with van der Waals surface area (Å²) in [5, 5.41) is 14.6. The highest BCUT2D eigenvalue weighted by Crippen LogP contribution is 2.12. The van der Waals surface area contributed by atoms with Gasteiger partial charge in [0.15, 0.2) is 0 Å². The molecule has 2 aromatic rings. The molecule has 2 rings (SSSR count). The van der Waals surface area contributed by atoms with Gasteiger partial charge in [0.05, 0.1) is 30.9 Å². The maximum absolute atomic E-state index is 11.9. The summed E-state index contributed by atoms with van der Waals surface area (Å²) in [5.74, 6) is -0.390. The molecule has 0 fully saturated rings. The Morgan fingerprint density at radius 3 is 2.52 bits per heavy atom. The molecule has 1 heterocycles. The van der Waals surface area contributed by atoms with E-state index in [4.69, 9.17) is 9.52 Å². The first kappa shape index (κ1) is 16.8. The molecule has 0 aliphatic rings. The first-order chi connectivity index (χ1) is 11.1. The molecule has 1 aromatic heterocycles. The van der Waals surface area contributed by atoms with E-state index in [9.17, 15) is 9.59 Å². The van der Waals surface area contributed by atoms with E-state index in [0.29, 0.717) is 17.7 Å². The van der Waals surface area contributed by atoms with Crippen molar-refractivity contribution in [2.24, 2.45) is 0 Å². The molecule has 0 saturated carbocycles. The number of aliphatic hydroxyl groups excluding tert-OH is 1. The molecule has 1 atom stereocenters. The van der Waals surface area contributed by atoms with E-state index in [1.807, 2.05) is 6.92 Å². The molecule has 1 aromatic carbocycles. The molecule has 0 bridgehead atoms. The lowest BCUT2D eigenvalue weighted by molar-refractivity contribution is -0.121. The van der Waals surface area contributed by atoms with E-state index < -0.39 is 0 Å². The van der Waals surface area contributed by atoms with Crippen molar-refractivity contribution < 1.29 is 19.1 Å². The van der Waals surface area contributed by atoms with Crippen molar-refractivity contribution in [2.45, 2.75) is 25.8 Å². The third-order valence-corrected chi connectivity index (χ3v) is 3.44. The summed E-state index contributed by atoms with van der Waals surface area (Å²) in [5.41, 5.74) is 1.92. The van der Waals surface area contributed by atoms with Crippen molar-refractivity contribution in [2.75, 3.05) is 11.9 Å². The normalized spacial score (nSPS) is 11.7. The first-order valence-electron chi connectivity index (χ1n) is 7.45. The second-order valence-corrected chi connectivity index (χ2v) is 5.20. The van der Waals surface area contributed by atoms with Crippen LogP contribution < -0.4 is 10.6 Å². The fourth-order valence-corrected chi connectivity index (χ4v) is 2.04. The number of aliphatic hydroxyl groups is 1. The number of carbonyl (C=O) groups excluding carboxylic acids is 2. The number of rotatable bonds is 7. The van der Waals surface area contributed by atoms with Crippen LogP contribution in [-0.2, 0) is 11.2 Å². The Bertz CT molecular complexity index is 631. The maximum Gasteiger partial charge on any atom is 0.258 e. The lowest BCUT2D eigenvalue weighted by Gasteiger charge is -2.14. The molecule has 122 valence electrons. The number of hydrogen-bond donors (Lipinski definition) is 3. The van der Waals surface area contributed by atoms with Gasteiger partial charge in [0.2, 0.25) is 5.91 Å². The third kappa shape index (κ3) is 4.96. The van der Waals surface area contributed by atoms with Gasteiger partial charge in [-0.3, -0.25) is 9.59 Å². The van der Waals surface area contributed by atoms with Gasteiger partial charge >= 0.3 is 0 Å². The maximum atomic E-state index is 11.9. The van der Waals surface area contributed by atoms with Gasteiger partial charge in [-0.2, -0.15) is 0 Å². The summed E-state index contributed by atoms with van der Waals surface area (Å²) >= 11 is 0. The van der Waals surface area contributed by atoms with Crippen LogP contribution in [0.3, 0.4) is 0 Å². The minimum atomic E-state index is -0.252. The summed E-state index contributed by atoms with van der Waals surface area (Å²) in [7, 11) is 0. The monoisotopic (exact) mass is 316 g/mol. The Morgan fingerprint density at radius 2 is 1.96 bits per heavy atom. The fraction of sp³-hybridized carbons (Fsp3) is 0.294. The molecular formula is C17H20N2O4. The molecule has 0 aliphatic heterocycles. The van der Waals surface area contributed by atoms with Gasteiger partial charge < -0.3 is 20.2 Å². The van der Waals surface area contributed by atoms with E-state index in [2.05, 4.69) is 10.6 Å². The highest BCUT2D eigenvalue weighted by atomic mass is 16.3. The van der Waals surface area contributed by atoms with Crippen LogP contribution >= 0.6 is 0 Å². The zero-order valence-corrected chi connectivity index (χ0v) is 12.9. The Labute approximate surface area is 134 Å². The molecular weight excluding hydrogens is 296 g/mol. The molecule has 0 radical (unpaired) electrons. The van der Waals surface area contributed by atoms with E-state index in [1.54, 1.807) is 30.3 Å². The number of nitrogens with one attached hydrogen (secondary N) is 2. The molecule has 6 heteroatoms. The predicted octanol–water partition coefficient (Wildman–Crippen LogP) is 1.96. The van der Waals surface area contributed by atoms with E-state index in [1.165, 1.54) is 12.5 Å². The molecule has 1 unspecified atom stereocenters. The van der Waals surface area contributed by atoms with Crippen LogP contribution in [0.1, 0.15) is 29.3 Å². The number of carbonyl (C=O) groups is 2. The molecule has 3 N–H and O–H groups in total. The van der Waals surface area contributed by atoms with Crippen LogP contribution in [0, 0.1) is 0 Å². The van der Waals surface area contributed by atoms with E-state index in [-0.39, 0.29) is 30.9 Å². The van der Waals surface area contributed by atoms with Gasteiger partial charge in [-0.15, -0.1) is 0 Å². The molecule has 0 spiro atoms. The van der Waals surface area contributed by atoms with Crippen LogP contribution in [0.5, 0.6) is 0 Å². The molecule has 0 saturated heterocycles. The van der Waals surface area contributed by atoms with Crippen molar-refractivity contribution >= 4 is 17.5 Å². The number of furan rings is 1. The standard InChI is InChI=1S/C17H20N2O4/c1-2-14(10-20)18-16(21)9-12-3-5-15(6-4-12)19-17(22)13-7-8-23-11-13/h3-8,11,14,20H,2,9-10H2,1H3,(H,18,21)(H,19,22). The highest BCUT2D eigenvalue weighted by molar-refractivity contribution is 6.03. The van der Waals surface area contributed by atoms with Crippen molar-refractivity contribution in [3.05, 3.63) is 54.0 Å². The summed E-state index contributed by atoms with van der Waals surface area (Å²) < 4.78 is 4.86. The Hall–Kier alpha value is -2.60. The minimum Gasteiger partial charge on any atom is -0.472 e. The van der Waals surface area contributed by atoms with Crippen LogP contribution in [0.2, 0.25) is 0 Å². The molecule has 23 heavy (non-hydrogen) atoms. The van der Waals surface area contributed by atoms with Gasteiger partial charge in [0, 0.05) is 5.69 Å². The minimum absolute atomic E-state index is 0.0682. The smallest absolute Gasteiger partial charge is 0.258 e. The average Bonchev–Trinajstić information content (AvgIpc) is 3.09. The van der Waals surface area contributed by atoms with E-state index in [0.717, 1.165) is 5.56 Å². The van der Waals surface area contributed by atoms with Crippen LogP contribution in [0.15, 0.2) is 47.3 Å². The Kier molecular flexibility index (Phi) is 5.94. The zero-order valence-electron chi connectivity index (χ0n) is 12.9. The largest absolute Gasteiger partial charge is 0.472 e. The lowest BCUT2D eigenvalue weighted by Crippen LogP contribution is -2.37. The van der Waals surface area contributed by atoms with Crippen LogP contribution in [0.4, 0.5) is 5.69 Å². The molecule has 0 aliphatic carbocycles. The van der Waals surface area contributed by atoms with Gasteiger partial charge in [0.25, 0.3) is 5.91 Å². The summed E-state index contributed by atoms with van der Waals surface area (Å²) in [4.78, 5) is 23.7. The number of benzene rings is 1. The number of hydrogen-bond acceptors (Lipinski definition) is 4. The quantitative estimate of drug-likeness (QED) is 0.728. The van der Waals surface area contributed by atoms with Gasteiger partial charge in [0.1, 0.15) is 6.26 Å². The molecule has 6 nitrogen and oxygen atoms in total. The summed E-state index contributed by atoms with van der Waals surface area (Å²) in [6.45, 7) is 1.83.